The number of amides is 1. The highest BCUT2D eigenvalue weighted by Crippen LogP contribution is 2.46. The molecule has 1 amide bonds. The van der Waals surface area contributed by atoms with E-state index in [0.29, 0.717) is 5.92 Å². The molecule has 0 aromatic heterocycles. The fourth-order valence-corrected chi connectivity index (χ4v) is 5.00. The molecular formula is C27H35NO3. The third-order valence-electron chi connectivity index (χ3n) is 6.74. The van der Waals surface area contributed by atoms with Gasteiger partial charge in [-0.1, -0.05) is 50.6 Å². The summed E-state index contributed by atoms with van der Waals surface area (Å²) in [5, 5.41) is 3.29. The Kier molecular flexibility index (Phi) is 6.27. The average Bonchev–Trinajstić information content (AvgIpc) is 2.74. The largest absolute Gasteiger partial charge is 0.487 e. The van der Waals surface area contributed by atoms with Crippen molar-refractivity contribution in [1.29, 1.82) is 0 Å². The molecule has 2 aliphatic rings. The van der Waals surface area contributed by atoms with Crippen LogP contribution in [0.2, 0.25) is 0 Å². The number of nitrogens with one attached hydrogen (secondary N) is 1. The number of para-hydroxylation sites is 1. The minimum absolute atomic E-state index is 0.0521. The first kappa shape index (κ1) is 21.7. The van der Waals surface area contributed by atoms with Crippen molar-refractivity contribution >= 4 is 5.91 Å². The fraction of sp³-hybridized carbons (Fsp3) is 0.519. The summed E-state index contributed by atoms with van der Waals surface area (Å²) >= 11 is 0. The second-order valence-corrected chi connectivity index (χ2v) is 9.60. The Balaban J connectivity index is 1.51. The minimum Gasteiger partial charge on any atom is -0.487 e. The topological polar surface area (TPSA) is 47.6 Å². The van der Waals surface area contributed by atoms with Gasteiger partial charge in [0.15, 0.2) is 6.10 Å². The highest BCUT2D eigenvalue weighted by Gasteiger charge is 2.42. The van der Waals surface area contributed by atoms with Gasteiger partial charge in [-0.05, 0) is 68.7 Å². The Morgan fingerprint density at radius 2 is 1.84 bits per heavy atom. The van der Waals surface area contributed by atoms with Crippen LogP contribution in [0, 0.1) is 6.92 Å². The van der Waals surface area contributed by atoms with Crippen molar-refractivity contribution in [3.63, 3.8) is 0 Å². The lowest BCUT2D eigenvalue weighted by Crippen LogP contribution is -2.48. The number of carbonyl (C=O) groups is 1. The summed E-state index contributed by atoms with van der Waals surface area (Å²) in [6, 6.07) is 14.3. The summed E-state index contributed by atoms with van der Waals surface area (Å²) in [6.45, 7) is 8.17. The molecule has 1 N–H and O–H groups in total. The van der Waals surface area contributed by atoms with E-state index in [4.69, 9.17) is 9.47 Å². The first-order valence-electron chi connectivity index (χ1n) is 11.7. The molecule has 0 saturated heterocycles. The third kappa shape index (κ3) is 4.73. The number of rotatable bonds is 5. The molecule has 1 aliphatic carbocycles. The van der Waals surface area contributed by atoms with Crippen LogP contribution in [0.3, 0.4) is 0 Å². The van der Waals surface area contributed by atoms with Gasteiger partial charge < -0.3 is 14.8 Å². The zero-order valence-corrected chi connectivity index (χ0v) is 19.2. The Bertz CT molecular complexity index is 930. The molecule has 166 valence electrons. The molecular weight excluding hydrogens is 386 g/mol. The van der Waals surface area contributed by atoms with E-state index in [-0.39, 0.29) is 17.6 Å². The van der Waals surface area contributed by atoms with E-state index in [9.17, 15) is 4.79 Å². The molecule has 0 unspecified atom stereocenters. The smallest absolute Gasteiger partial charge is 0.261 e. The van der Waals surface area contributed by atoms with Crippen LogP contribution in [0.1, 0.15) is 87.9 Å². The van der Waals surface area contributed by atoms with E-state index >= 15 is 0 Å². The van der Waals surface area contributed by atoms with Crippen LogP contribution in [0.15, 0.2) is 42.5 Å². The number of hydrogen-bond donors (Lipinski definition) is 1. The quantitative estimate of drug-likeness (QED) is 0.623. The number of carbonyl (C=O) groups excluding carboxylic acids is 1. The maximum Gasteiger partial charge on any atom is 0.261 e. The van der Waals surface area contributed by atoms with E-state index in [0.717, 1.165) is 47.5 Å². The summed E-state index contributed by atoms with van der Waals surface area (Å²) in [5.74, 6) is 1.97. The Hall–Kier alpha value is -2.49. The first-order valence-corrected chi connectivity index (χ1v) is 11.7. The second-order valence-electron chi connectivity index (χ2n) is 9.60. The maximum absolute atomic E-state index is 13.2. The Morgan fingerprint density at radius 1 is 1.10 bits per heavy atom. The SMILES string of the molecule is Cc1ccc(C(C)C)c(O[C@H](C)C(=O)N[C@H]2CC3(CCCCC3)Oc3ccccc32)c1. The number of hydrogen-bond acceptors (Lipinski definition) is 3. The van der Waals surface area contributed by atoms with Crippen LogP contribution in [0.25, 0.3) is 0 Å². The predicted molar refractivity (Wildman–Crippen MR) is 124 cm³/mol. The molecule has 4 rings (SSSR count). The van der Waals surface area contributed by atoms with Gasteiger partial charge in [-0.15, -0.1) is 0 Å². The van der Waals surface area contributed by atoms with Gasteiger partial charge in [0, 0.05) is 12.0 Å². The fourth-order valence-electron chi connectivity index (χ4n) is 5.00. The molecule has 1 aliphatic heterocycles. The van der Waals surface area contributed by atoms with Crippen molar-refractivity contribution in [3.8, 4) is 11.5 Å². The highest BCUT2D eigenvalue weighted by atomic mass is 16.5. The molecule has 1 fully saturated rings. The number of aryl methyl sites for hydroxylation is 1. The molecule has 0 radical (unpaired) electrons. The number of ether oxygens (including phenoxy) is 2. The molecule has 2 atom stereocenters. The van der Waals surface area contributed by atoms with E-state index in [2.05, 4.69) is 37.4 Å². The van der Waals surface area contributed by atoms with Gasteiger partial charge in [-0.3, -0.25) is 4.79 Å². The van der Waals surface area contributed by atoms with Crippen molar-refractivity contribution < 1.29 is 14.3 Å². The monoisotopic (exact) mass is 421 g/mol. The molecule has 4 heteroatoms. The van der Waals surface area contributed by atoms with Crippen molar-refractivity contribution in [3.05, 3.63) is 59.2 Å². The summed E-state index contributed by atoms with van der Waals surface area (Å²) < 4.78 is 12.7. The first-order chi connectivity index (χ1) is 14.9. The van der Waals surface area contributed by atoms with Crippen LogP contribution in [0.4, 0.5) is 0 Å². The zero-order chi connectivity index (χ0) is 22.0. The van der Waals surface area contributed by atoms with Gasteiger partial charge in [-0.25, -0.2) is 0 Å². The lowest BCUT2D eigenvalue weighted by atomic mass is 9.77. The van der Waals surface area contributed by atoms with Crippen LogP contribution in [-0.4, -0.2) is 17.6 Å². The molecule has 31 heavy (non-hydrogen) atoms. The highest BCUT2D eigenvalue weighted by molar-refractivity contribution is 5.81. The van der Waals surface area contributed by atoms with Gasteiger partial charge in [0.05, 0.1) is 6.04 Å². The van der Waals surface area contributed by atoms with Gasteiger partial charge in [0.2, 0.25) is 0 Å². The van der Waals surface area contributed by atoms with Crippen molar-refractivity contribution in [2.75, 3.05) is 0 Å². The van der Waals surface area contributed by atoms with Crippen molar-refractivity contribution in [2.24, 2.45) is 0 Å². The summed E-state index contributed by atoms with van der Waals surface area (Å²) in [5.41, 5.74) is 3.17. The third-order valence-corrected chi connectivity index (χ3v) is 6.74. The lowest BCUT2D eigenvalue weighted by Gasteiger charge is -2.44. The zero-order valence-electron chi connectivity index (χ0n) is 19.2. The van der Waals surface area contributed by atoms with Crippen LogP contribution in [-0.2, 0) is 4.79 Å². The Labute approximate surface area is 186 Å². The van der Waals surface area contributed by atoms with E-state index < -0.39 is 6.10 Å². The standard InChI is InChI=1S/C27H35NO3/c1-18(2)21-13-12-19(3)16-25(21)30-20(4)26(29)28-23-17-27(14-8-5-9-15-27)31-24-11-7-6-10-22(23)24/h6-7,10-13,16,18,20,23H,5,8-9,14-15,17H2,1-4H3,(H,28,29)/t20-,23+/m1/s1. The van der Waals surface area contributed by atoms with Crippen molar-refractivity contribution in [2.45, 2.75) is 89.9 Å². The maximum atomic E-state index is 13.2. The summed E-state index contributed by atoms with van der Waals surface area (Å²) in [7, 11) is 0. The molecule has 1 saturated carbocycles. The predicted octanol–water partition coefficient (Wildman–Crippen LogP) is 6.23. The van der Waals surface area contributed by atoms with Crippen LogP contribution < -0.4 is 14.8 Å². The Morgan fingerprint density at radius 3 is 2.58 bits per heavy atom. The minimum atomic E-state index is -0.573. The summed E-state index contributed by atoms with van der Waals surface area (Å²) in [6.07, 6.45) is 6.01. The van der Waals surface area contributed by atoms with Crippen LogP contribution in [0.5, 0.6) is 11.5 Å². The van der Waals surface area contributed by atoms with Gasteiger partial charge >= 0.3 is 0 Å². The average molecular weight is 422 g/mol. The summed E-state index contributed by atoms with van der Waals surface area (Å²) in [4.78, 5) is 13.2. The van der Waals surface area contributed by atoms with Gasteiger partial charge in [0.25, 0.3) is 5.91 Å². The normalized spacial score (nSPS) is 20.6. The van der Waals surface area contributed by atoms with Crippen LogP contribution >= 0.6 is 0 Å². The van der Waals surface area contributed by atoms with E-state index in [1.807, 2.05) is 38.1 Å². The van der Waals surface area contributed by atoms with E-state index in [1.165, 1.54) is 19.3 Å². The number of benzene rings is 2. The molecule has 1 heterocycles. The van der Waals surface area contributed by atoms with E-state index in [1.54, 1.807) is 0 Å². The molecule has 2 aromatic rings. The van der Waals surface area contributed by atoms with Crippen molar-refractivity contribution in [1.82, 2.24) is 5.32 Å². The lowest BCUT2D eigenvalue weighted by molar-refractivity contribution is -0.128. The van der Waals surface area contributed by atoms with Gasteiger partial charge in [0.1, 0.15) is 17.1 Å². The molecule has 1 spiro atoms. The van der Waals surface area contributed by atoms with Gasteiger partial charge in [-0.2, -0.15) is 0 Å². The molecule has 4 nitrogen and oxygen atoms in total. The second kappa shape index (κ2) is 8.94. The molecule has 0 bridgehead atoms. The molecule has 2 aromatic carbocycles. The number of fused-ring (bicyclic) bond motifs is 1.